The SMILES string of the molecule is C[C@H](c1ccc(C(F)(F)F)nc1)n1nc(C#N)c2c(=O)[nH]c([C@H]3CC[C@@H]3N3CCOCC3=O)nc21. The largest absolute Gasteiger partial charge is 0.433 e. The van der Waals surface area contributed by atoms with Crippen LogP contribution in [0.25, 0.3) is 11.0 Å². The van der Waals surface area contributed by atoms with E-state index in [0.29, 0.717) is 31.0 Å². The Balaban J connectivity index is 1.54. The van der Waals surface area contributed by atoms with Crippen molar-refractivity contribution in [2.45, 2.75) is 43.9 Å². The van der Waals surface area contributed by atoms with Crippen molar-refractivity contribution in [3.05, 3.63) is 51.5 Å². The average Bonchev–Trinajstić information content (AvgIpc) is 3.18. The number of aromatic nitrogens is 5. The Morgan fingerprint density at radius 1 is 1.29 bits per heavy atom. The Kier molecular flexibility index (Phi) is 5.55. The molecule has 0 aromatic carbocycles. The number of halogens is 3. The minimum absolute atomic E-state index is 0.00120. The van der Waals surface area contributed by atoms with Crippen LogP contribution in [0.3, 0.4) is 0 Å². The van der Waals surface area contributed by atoms with Crippen LogP contribution in [0, 0.1) is 11.3 Å². The van der Waals surface area contributed by atoms with Gasteiger partial charge in [-0.2, -0.15) is 23.5 Å². The first-order valence-corrected chi connectivity index (χ1v) is 11.0. The van der Waals surface area contributed by atoms with E-state index < -0.39 is 23.5 Å². The van der Waals surface area contributed by atoms with Gasteiger partial charge in [0.25, 0.3) is 5.56 Å². The third-order valence-corrected chi connectivity index (χ3v) is 6.62. The summed E-state index contributed by atoms with van der Waals surface area (Å²) in [4.78, 5) is 37.9. The van der Waals surface area contributed by atoms with E-state index in [9.17, 15) is 28.0 Å². The summed E-state index contributed by atoms with van der Waals surface area (Å²) in [5, 5.41) is 13.8. The first kappa shape index (κ1) is 23.0. The number of ether oxygens (including phenoxy) is 1. The van der Waals surface area contributed by atoms with Gasteiger partial charge in [-0.25, -0.2) is 9.67 Å². The topological polar surface area (TPSA) is 130 Å². The van der Waals surface area contributed by atoms with Gasteiger partial charge >= 0.3 is 6.18 Å². The molecular formula is C22H20F3N7O3. The molecule has 1 saturated carbocycles. The highest BCUT2D eigenvalue weighted by atomic mass is 19.4. The molecule has 0 spiro atoms. The molecule has 3 aromatic rings. The summed E-state index contributed by atoms with van der Waals surface area (Å²) in [7, 11) is 0. The molecule has 3 atom stereocenters. The number of hydrogen-bond donors (Lipinski definition) is 1. The molecule has 182 valence electrons. The number of amides is 1. The highest BCUT2D eigenvalue weighted by Gasteiger charge is 2.41. The van der Waals surface area contributed by atoms with Gasteiger partial charge in [-0.05, 0) is 31.4 Å². The molecule has 10 nitrogen and oxygen atoms in total. The molecule has 13 heteroatoms. The normalized spacial score (nSPS) is 21.6. The molecule has 3 aromatic heterocycles. The van der Waals surface area contributed by atoms with Crippen molar-refractivity contribution < 1.29 is 22.7 Å². The van der Waals surface area contributed by atoms with Crippen LogP contribution in [0.1, 0.15) is 54.5 Å². The number of H-pyrrole nitrogens is 1. The Bertz CT molecular complexity index is 1390. The number of nitrogens with zero attached hydrogens (tertiary/aromatic N) is 6. The van der Waals surface area contributed by atoms with Gasteiger partial charge in [-0.3, -0.25) is 14.6 Å². The van der Waals surface area contributed by atoms with Gasteiger partial charge in [0.15, 0.2) is 11.3 Å². The first-order valence-electron chi connectivity index (χ1n) is 11.0. The van der Waals surface area contributed by atoms with Crippen molar-refractivity contribution >= 4 is 16.9 Å². The third kappa shape index (κ3) is 3.93. The minimum atomic E-state index is -4.57. The number of carbonyl (C=O) groups is 1. The summed E-state index contributed by atoms with van der Waals surface area (Å²) >= 11 is 0. The van der Waals surface area contributed by atoms with Gasteiger partial charge in [0, 0.05) is 24.7 Å². The van der Waals surface area contributed by atoms with Crippen LogP contribution in [0.15, 0.2) is 23.1 Å². The molecule has 0 unspecified atom stereocenters. The van der Waals surface area contributed by atoms with Gasteiger partial charge in [0.1, 0.15) is 29.6 Å². The molecule has 0 bridgehead atoms. The maximum atomic E-state index is 13.0. The monoisotopic (exact) mass is 487 g/mol. The molecule has 1 aliphatic carbocycles. The van der Waals surface area contributed by atoms with Gasteiger partial charge in [-0.15, -0.1) is 0 Å². The Labute approximate surface area is 196 Å². The zero-order valence-corrected chi connectivity index (χ0v) is 18.5. The predicted octanol–water partition coefficient (Wildman–Crippen LogP) is 2.12. The molecule has 1 N–H and O–H groups in total. The summed E-state index contributed by atoms with van der Waals surface area (Å²) in [5.41, 5.74) is -1.16. The lowest BCUT2D eigenvalue weighted by Gasteiger charge is -2.45. The Morgan fingerprint density at radius 3 is 2.69 bits per heavy atom. The lowest BCUT2D eigenvalue weighted by Crippen LogP contribution is -2.54. The fourth-order valence-electron chi connectivity index (χ4n) is 4.60. The highest BCUT2D eigenvalue weighted by molar-refractivity contribution is 5.80. The molecule has 1 saturated heterocycles. The molecule has 1 aliphatic heterocycles. The molecule has 35 heavy (non-hydrogen) atoms. The lowest BCUT2D eigenvalue weighted by molar-refractivity contribution is -0.148. The van der Waals surface area contributed by atoms with Crippen LogP contribution < -0.4 is 5.56 Å². The molecular weight excluding hydrogens is 467 g/mol. The number of pyridine rings is 1. The predicted molar refractivity (Wildman–Crippen MR) is 114 cm³/mol. The van der Waals surface area contributed by atoms with E-state index >= 15 is 0 Å². The zero-order valence-electron chi connectivity index (χ0n) is 18.5. The number of carbonyl (C=O) groups excluding carboxylic acids is 1. The number of nitriles is 1. The number of hydrogen-bond acceptors (Lipinski definition) is 7. The highest BCUT2D eigenvalue weighted by Crippen LogP contribution is 2.39. The number of nitrogens with one attached hydrogen (secondary N) is 1. The van der Waals surface area contributed by atoms with Crippen LogP contribution in [-0.2, 0) is 15.7 Å². The molecule has 0 radical (unpaired) electrons. The second-order valence-corrected chi connectivity index (χ2v) is 8.60. The number of aromatic amines is 1. The molecule has 2 aliphatic rings. The number of alkyl halides is 3. The first-order chi connectivity index (χ1) is 16.7. The van der Waals surface area contributed by atoms with Gasteiger partial charge in [0.05, 0.1) is 12.6 Å². The van der Waals surface area contributed by atoms with Crippen molar-refractivity contribution in [3.63, 3.8) is 0 Å². The van der Waals surface area contributed by atoms with E-state index in [0.717, 1.165) is 18.7 Å². The number of fused-ring (bicyclic) bond motifs is 1. The van der Waals surface area contributed by atoms with E-state index in [1.165, 1.54) is 10.7 Å². The molecule has 2 fully saturated rings. The minimum Gasteiger partial charge on any atom is -0.370 e. The van der Waals surface area contributed by atoms with Crippen LogP contribution in [0.5, 0.6) is 0 Å². The summed E-state index contributed by atoms with van der Waals surface area (Å²) in [6, 6.07) is 3.24. The molecule has 5 rings (SSSR count). The second-order valence-electron chi connectivity index (χ2n) is 8.60. The van der Waals surface area contributed by atoms with Crippen LogP contribution in [-0.4, -0.2) is 61.3 Å². The van der Waals surface area contributed by atoms with Crippen molar-refractivity contribution in [3.8, 4) is 6.07 Å². The fourth-order valence-corrected chi connectivity index (χ4v) is 4.60. The van der Waals surface area contributed by atoms with E-state index in [-0.39, 0.29) is 41.2 Å². The summed E-state index contributed by atoms with van der Waals surface area (Å²) < 4.78 is 45.2. The van der Waals surface area contributed by atoms with Crippen LogP contribution in [0.4, 0.5) is 13.2 Å². The van der Waals surface area contributed by atoms with E-state index in [2.05, 4.69) is 20.1 Å². The lowest BCUT2D eigenvalue weighted by atomic mass is 9.77. The maximum absolute atomic E-state index is 13.0. The van der Waals surface area contributed by atoms with Crippen molar-refractivity contribution in [1.29, 1.82) is 5.26 Å². The summed E-state index contributed by atoms with van der Waals surface area (Å²) in [6.45, 7) is 2.58. The number of rotatable bonds is 4. The van der Waals surface area contributed by atoms with E-state index in [1.807, 2.05) is 6.07 Å². The van der Waals surface area contributed by atoms with Crippen molar-refractivity contribution in [2.75, 3.05) is 19.8 Å². The summed E-state index contributed by atoms with van der Waals surface area (Å²) in [6.07, 6.45) is -2.01. The zero-order chi connectivity index (χ0) is 24.9. The molecule has 1 amide bonds. The fraction of sp³-hybridized carbons (Fsp3) is 0.455. The van der Waals surface area contributed by atoms with Gasteiger partial charge in [-0.1, -0.05) is 6.07 Å². The third-order valence-electron chi connectivity index (χ3n) is 6.62. The smallest absolute Gasteiger partial charge is 0.370 e. The van der Waals surface area contributed by atoms with Crippen molar-refractivity contribution in [2.24, 2.45) is 0 Å². The molecule has 4 heterocycles. The standard InChI is InChI=1S/C22H20F3N7O3/c1-11(12-2-5-16(27-9-12)22(23,24)25)32-20-18(14(8-26)30-32)21(34)29-19(28-20)13-3-4-15(13)31-6-7-35-10-17(31)33/h2,5,9,11,13,15H,3-4,6-7,10H2,1H3,(H,28,29,34)/t11-,13+,15+/m1/s1. The van der Waals surface area contributed by atoms with Gasteiger partial charge in [0.2, 0.25) is 5.91 Å². The van der Waals surface area contributed by atoms with Gasteiger partial charge < -0.3 is 14.6 Å². The Morgan fingerprint density at radius 2 is 2.09 bits per heavy atom. The number of morpholine rings is 1. The maximum Gasteiger partial charge on any atom is 0.433 e. The van der Waals surface area contributed by atoms with Crippen molar-refractivity contribution in [1.82, 2.24) is 29.6 Å². The second kappa shape index (κ2) is 8.46. The van der Waals surface area contributed by atoms with Crippen LogP contribution in [0.2, 0.25) is 0 Å². The Hall–Kier alpha value is -3.79. The van der Waals surface area contributed by atoms with Crippen LogP contribution >= 0.6 is 0 Å². The quantitative estimate of drug-likeness (QED) is 0.597. The van der Waals surface area contributed by atoms with E-state index in [4.69, 9.17) is 4.74 Å². The van der Waals surface area contributed by atoms with E-state index in [1.54, 1.807) is 11.8 Å². The summed E-state index contributed by atoms with van der Waals surface area (Å²) in [5.74, 6) is 0.0575. The average molecular weight is 487 g/mol.